The molecule has 1 aromatic carbocycles. The maximum Gasteiger partial charge on any atom is 0.167 e. The number of hydrogen-bond acceptors (Lipinski definition) is 3. The number of halogens is 1. The van der Waals surface area contributed by atoms with Crippen LogP contribution >= 0.6 is 0 Å². The minimum atomic E-state index is -0.349. The Morgan fingerprint density at radius 1 is 1.24 bits per heavy atom. The van der Waals surface area contributed by atoms with Crippen LogP contribution in [0.3, 0.4) is 0 Å². The van der Waals surface area contributed by atoms with E-state index in [0.29, 0.717) is 0 Å². The number of anilines is 1. The summed E-state index contributed by atoms with van der Waals surface area (Å²) in [6.07, 6.45) is 3.99. The van der Waals surface area contributed by atoms with E-state index in [1.54, 1.807) is 12.1 Å². The van der Waals surface area contributed by atoms with Crippen molar-refractivity contribution in [2.75, 3.05) is 25.6 Å². The number of nitrogens with one attached hydrogen (secondary N) is 1. The lowest BCUT2D eigenvalue weighted by Crippen LogP contribution is -2.02. The first kappa shape index (κ1) is 13.8. The summed E-state index contributed by atoms with van der Waals surface area (Å²) in [5.74, 6) is -0.0868. The second kappa shape index (κ2) is 7.90. The van der Waals surface area contributed by atoms with Crippen LogP contribution in [0.5, 0.6) is 5.75 Å². The standard InChI is InChI=1S/C13H20FNO2/c1-17-13-7-6-11(10-12(13)14)15-8-4-2-3-5-9-16/h6-7,10,15-16H,2-5,8-9H2,1H3. The van der Waals surface area contributed by atoms with E-state index in [9.17, 15) is 4.39 Å². The summed E-state index contributed by atoms with van der Waals surface area (Å²) < 4.78 is 18.2. The van der Waals surface area contributed by atoms with Gasteiger partial charge in [-0.15, -0.1) is 0 Å². The highest BCUT2D eigenvalue weighted by atomic mass is 19.1. The number of hydrogen-bond donors (Lipinski definition) is 2. The van der Waals surface area contributed by atoms with Gasteiger partial charge in [0.25, 0.3) is 0 Å². The number of aliphatic hydroxyl groups is 1. The molecule has 0 radical (unpaired) electrons. The molecule has 0 atom stereocenters. The average molecular weight is 241 g/mol. The normalized spacial score (nSPS) is 10.3. The number of rotatable bonds is 8. The molecule has 96 valence electrons. The van der Waals surface area contributed by atoms with E-state index < -0.39 is 0 Å². The number of ether oxygens (including phenoxy) is 1. The second-order valence-electron chi connectivity index (χ2n) is 3.91. The Labute approximate surface area is 102 Å². The minimum absolute atomic E-state index is 0.261. The molecule has 0 aromatic heterocycles. The van der Waals surface area contributed by atoms with Gasteiger partial charge in [-0.25, -0.2) is 4.39 Å². The summed E-state index contributed by atoms with van der Waals surface area (Å²) in [6, 6.07) is 4.85. The summed E-state index contributed by atoms with van der Waals surface area (Å²) in [7, 11) is 1.45. The summed E-state index contributed by atoms with van der Waals surface area (Å²) in [6.45, 7) is 1.08. The van der Waals surface area contributed by atoms with Crippen molar-refractivity contribution in [2.24, 2.45) is 0 Å². The van der Waals surface area contributed by atoms with E-state index in [-0.39, 0.29) is 18.2 Å². The van der Waals surface area contributed by atoms with Gasteiger partial charge in [0.05, 0.1) is 7.11 Å². The van der Waals surface area contributed by atoms with Crippen LogP contribution in [0.15, 0.2) is 18.2 Å². The van der Waals surface area contributed by atoms with E-state index in [1.165, 1.54) is 13.2 Å². The molecule has 0 spiro atoms. The van der Waals surface area contributed by atoms with Crippen molar-refractivity contribution in [3.8, 4) is 5.75 Å². The predicted molar refractivity (Wildman–Crippen MR) is 67.0 cm³/mol. The third-order valence-corrected chi connectivity index (χ3v) is 2.57. The number of unbranched alkanes of at least 4 members (excludes halogenated alkanes) is 3. The molecule has 4 heteroatoms. The molecule has 0 bridgehead atoms. The summed E-state index contributed by atoms with van der Waals surface area (Å²) in [5, 5.41) is 11.8. The van der Waals surface area contributed by atoms with Crippen LogP contribution in [0, 0.1) is 5.82 Å². The van der Waals surface area contributed by atoms with Gasteiger partial charge in [-0.3, -0.25) is 0 Å². The quantitative estimate of drug-likeness (QED) is 0.688. The number of methoxy groups -OCH3 is 1. The maximum absolute atomic E-state index is 13.3. The smallest absolute Gasteiger partial charge is 0.167 e. The van der Waals surface area contributed by atoms with Crippen LogP contribution in [0.1, 0.15) is 25.7 Å². The Kier molecular flexibility index (Phi) is 6.40. The molecule has 0 saturated heterocycles. The Bertz CT molecular complexity index is 331. The first-order valence-electron chi connectivity index (χ1n) is 5.96. The van der Waals surface area contributed by atoms with Gasteiger partial charge in [0.15, 0.2) is 11.6 Å². The van der Waals surface area contributed by atoms with Gasteiger partial charge in [0, 0.05) is 24.9 Å². The molecule has 2 N–H and O–H groups in total. The molecule has 0 aliphatic carbocycles. The van der Waals surface area contributed by atoms with Gasteiger partial charge < -0.3 is 15.2 Å². The molecule has 0 amide bonds. The maximum atomic E-state index is 13.3. The number of benzene rings is 1. The highest BCUT2D eigenvalue weighted by molar-refractivity contribution is 5.47. The van der Waals surface area contributed by atoms with E-state index in [0.717, 1.165) is 37.9 Å². The Balaban J connectivity index is 2.25. The van der Waals surface area contributed by atoms with Crippen molar-refractivity contribution in [1.82, 2.24) is 0 Å². The molecular weight excluding hydrogens is 221 g/mol. The zero-order valence-electron chi connectivity index (χ0n) is 10.2. The molecule has 3 nitrogen and oxygen atoms in total. The van der Waals surface area contributed by atoms with Crippen LogP contribution in [0.2, 0.25) is 0 Å². The van der Waals surface area contributed by atoms with Crippen LogP contribution in [0.4, 0.5) is 10.1 Å². The van der Waals surface area contributed by atoms with E-state index in [1.807, 2.05) is 0 Å². The summed E-state index contributed by atoms with van der Waals surface area (Å²) >= 11 is 0. The van der Waals surface area contributed by atoms with Crippen molar-refractivity contribution in [2.45, 2.75) is 25.7 Å². The van der Waals surface area contributed by atoms with Crippen LogP contribution in [0.25, 0.3) is 0 Å². The minimum Gasteiger partial charge on any atom is -0.494 e. The highest BCUT2D eigenvalue weighted by Gasteiger charge is 2.02. The molecule has 0 aliphatic heterocycles. The van der Waals surface area contributed by atoms with Gasteiger partial charge >= 0.3 is 0 Å². The summed E-state index contributed by atoms with van der Waals surface area (Å²) in [5.41, 5.74) is 0.769. The number of aliphatic hydroxyl groups excluding tert-OH is 1. The molecule has 1 aromatic rings. The Morgan fingerprint density at radius 2 is 2.00 bits per heavy atom. The lowest BCUT2D eigenvalue weighted by Gasteiger charge is -2.08. The van der Waals surface area contributed by atoms with Crippen molar-refractivity contribution in [3.63, 3.8) is 0 Å². The Morgan fingerprint density at radius 3 is 2.65 bits per heavy atom. The van der Waals surface area contributed by atoms with Crippen molar-refractivity contribution >= 4 is 5.69 Å². The zero-order chi connectivity index (χ0) is 12.5. The van der Waals surface area contributed by atoms with Gasteiger partial charge in [0.2, 0.25) is 0 Å². The van der Waals surface area contributed by atoms with Crippen LogP contribution in [-0.2, 0) is 0 Å². The fourth-order valence-corrected chi connectivity index (χ4v) is 1.60. The lowest BCUT2D eigenvalue weighted by atomic mass is 10.2. The topological polar surface area (TPSA) is 41.5 Å². The van der Waals surface area contributed by atoms with Crippen LogP contribution < -0.4 is 10.1 Å². The molecule has 0 saturated carbocycles. The highest BCUT2D eigenvalue weighted by Crippen LogP contribution is 2.20. The fraction of sp³-hybridized carbons (Fsp3) is 0.538. The molecule has 0 aliphatic rings. The predicted octanol–water partition coefficient (Wildman–Crippen LogP) is 2.80. The molecule has 1 rings (SSSR count). The van der Waals surface area contributed by atoms with Crippen molar-refractivity contribution < 1.29 is 14.2 Å². The lowest BCUT2D eigenvalue weighted by molar-refractivity contribution is 0.283. The molecule has 0 unspecified atom stereocenters. The SMILES string of the molecule is COc1ccc(NCCCCCCO)cc1F. The molecule has 0 fully saturated rings. The molecular formula is C13H20FNO2. The van der Waals surface area contributed by atoms with Gasteiger partial charge in [0.1, 0.15) is 0 Å². The van der Waals surface area contributed by atoms with Gasteiger partial charge in [-0.2, -0.15) is 0 Å². The summed E-state index contributed by atoms with van der Waals surface area (Å²) in [4.78, 5) is 0. The van der Waals surface area contributed by atoms with Crippen molar-refractivity contribution in [3.05, 3.63) is 24.0 Å². The van der Waals surface area contributed by atoms with E-state index in [4.69, 9.17) is 9.84 Å². The monoisotopic (exact) mass is 241 g/mol. The largest absolute Gasteiger partial charge is 0.494 e. The first-order valence-corrected chi connectivity index (χ1v) is 5.96. The van der Waals surface area contributed by atoms with Gasteiger partial charge in [-0.1, -0.05) is 12.8 Å². The fourth-order valence-electron chi connectivity index (χ4n) is 1.60. The molecule has 0 heterocycles. The third kappa shape index (κ3) is 5.04. The van der Waals surface area contributed by atoms with Gasteiger partial charge in [-0.05, 0) is 25.0 Å². The average Bonchev–Trinajstić information content (AvgIpc) is 2.34. The first-order chi connectivity index (χ1) is 8.27. The second-order valence-corrected chi connectivity index (χ2v) is 3.91. The van der Waals surface area contributed by atoms with E-state index in [2.05, 4.69) is 5.32 Å². The molecule has 17 heavy (non-hydrogen) atoms. The zero-order valence-corrected chi connectivity index (χ0v) is 10.2. The van der Waals surface area contributed by atoms with Crippen molar-refractivity contribution in [1.29, 1.82) is 0 Å². The van der Waals surface area contributed by atoms with E-state index >= 15 is 0 Å². The third-order valence-electron chi connectivity index (χ3n) is 2.57. The Hall–Kier alpha value is -1.29. The van der Waals surface area contributed by atoms with Crippen LogP contribution in [-0.4, -0.2) is 25.4 Å².